The van der Waals surface area contributed by atoms with E-state index in [1.807, 2.05) is 0 Å². The quantitative estimate of drug-likeness (QED) is 0.889. The van der Waals surface area contributed by atoms with Crippen LogP contribution in [0.3, 0.4) is 0 Å². The third kappa shape index (κ3) is 3.17. The van der Waals surface area contributed by atoms with Crippen LogP contribution in [0.25, 0.3) is 0 Å². The number of amides is 1. The van der Waals surface area contributed by atoms with Gasteiger partial charge in [-0.2, -0.15) is 5.26 Å². The Morgan fingerprint density at radius 1 is 1.39 bits per heavy atom. The Bertz CT molecular complexity index is 495. The van der Waals surface area contributed by atoms with Crippen LogP contribution < -0.4 is 5.32 Å². The molecule has 0 bridgehead atoms. The molecule has 0 radical (unpaired) electrons. The lowest BCUT2D eigenvalue weighted by Gasteiger charge is -2.11. The summed E-state index contributed by atoms with van der Waals surface area (Å²) in [5.41, 5.74) is -0.402. The molecule has 0 fully saturated rings. The highest BCUT2D eigenvalue weighted by molar-refractivity contribution is 5.76. The van der Waals surface area contributed by atoms with Crippen LogP contribution in [0.2, 0.25) is 0 Å². The minimum atomic E-state index is -1.18. The van der Waals surface area contributed by atoms with Gasteiger partial charge in [-0.25, -0.2) is 8.78 Å². The number of carbonyl (C=O) groups excluding carboxylic acids is 1. The first kappa shape index (κ1) is 13.9. The first-order valence-electron chi connectivity index (χ1n) is 5.29. The van der Waals surface area contributed by atoms with Gasteiger partial charge < -0.3 is 10.2 Å². The minimum Gasteiger partial charge on any atom is -0.382 e. The van der Waals surface area contributed by atoms with E-state index < -0.39 is 11.6 Å². The molecule has 0 aliphatic carbocycles. The average Bonchev–Trinajstić information content (AvgIpc) is 2.34. The molecule has 0 heterocycles. The van der Waals surface area contributed by atoms with E-state index in [9.17, 15) is 13.6 Å². The van der Waals surface area contributed by atoms with Gasteiger partial charge in [0.25, 0.3) is 0 Å². The molecule has 0 aliphatic heterocycles. The Balaban J connectivity index is 2.67. The van der Waals surface area contributed by atoms with E-state index in [0.29, 0.717) is 0 Å². The van der Waals surface area contributed by atoms with Crippen molar-refractivity contribution < 1.29 is 13.6 Å². The van der Waals surface area contributed by atoms with E-state index in [4.69, 9.17) is 5.26 Å². The zero-order valence-electron chi connectivity index (χ0n) is 10.1. The number of carbonyl (C=O) groups is 1. The SMILES string of the molecule is CN(C)C(=O)CCNc1ccc(C#N)c(F)c1F. The van der Waals surface area contributed by atoms with Gasteiger partial charge in [0.15, 0.2) is 11.6 Å². The zero-order chi connectivity index (χ0) is 13.7. The van der Waals surface area contributed by atoms with Crippen molar-refractivity contribution in [1.29, 1.82) is 5.26 Å². The lowest BCUT2D eigenvalue weighted by atomic mass is 10.2. The first-order chi connectivity index (χ1) is 8.47. The van der Waals surface area contributed by atoms with E-state index in [-0.39, 0.29) is 30.1 Å². The molecule has 1 N–H and O–H groups in total. The number of rotatable bonds is 4. The highest BCUT2D eigenvalue weighted by Gasteiger charge is 2.13. The van der Waals surface area contributed by atoms with Gasteiger partial charge in [0.1, 0.15) is 6.07 Å². The zero-order valence-corrected chi connectivity index (χ0v) is 10.1. The lowest BCUT2D eigenvalue weighted by Crippen LogP contribution is -2.24. The fourth-order valence-corrected chi connectivity index (χ4v) is 1.30. The molecule has 18 heavy (non-hydrogen) atoms. The fraction of sp³-hybridized carbons (Fsp3) is 0.333. The third-order valence-corrected chi connectivity index (χ3v) is 2.36. The Kier molecular flexibility index (Phi) is 4.60. The average molecular weight is 253 g/mol. The molecule has 0 aliphatic rings. The summed E-state index contributed by atoms with van der Waals surface area (Å²) in [6.07, 6.45) is 0.175. The van der Waals surface area contributed by atoms with Crippen molar-refractivity contribution in [2.24, 2.45) is 0 Å². The summed E-state index contributed by atoms with van der Waals surface area (Å²) in [7, 11) is 3.23. The summed E-state index contributed by atoms with van der Waals surface area (Å²) in [6, 6.07) is 4.01. The second-order valence-electron chi connectivity index (χ2n) is 3.87. The summed E-state index contributed by atoms with van der Waals surface area (Å²) in [5, 5.41) is 11.1. The second kappa shape index (κ2) is 5.96. The number of benzene rings is 1. The molecule has 1 aromatic rings. The topological polar surface area (TPSA) is 56.1 Å². The Morgan fingerprint density at radius 2 is 2.06 bits per heavy atom. The highest BCUT2D eigenvalue weighted by Crippen LogP contribution is 2.19. The van der Waals surface area contributed by atoms with Gasteiger partial charge in [-0.1, -0.05) is 0 Å². The van der Waals surface area contributed by atoms with Gasteiger partial charge in [-0.3, -0.25) is 4.79 Å². The molecule has 1 rings (SSSR count). The van der Waals surface area contributed by atoms with E-state index in [1.54, 1.807) is 20.2 Å². The van der Waals surface area contributed by atoms with Crippen molar-refractivity contribution in [1.82, 2.24) is 4.90 Å². The minimum absolute atomic E-state index is 0.0574. The summed E-state index contributed by atoms with van der Waals surface area (Å²) in [4.78, 5) is 12.7. The van der Waals surface area contributed by atoms with Crippen LogP contribution in [0.15, 0.2) is 12.1 Å². The molecule has 0 unspecified atom stereocenters. The van der Waals surface area contributed by atoms with Gasteiger partial charge in [-0.15, -0.1) is 0 Å². The number of halogens is 2. The van der Waals surface area contributed by atoms with Crippen LogP contribution in [-0.4, -0.2) is 31.4 Å². The molecule has 1 amide bonds. The molecule has 96 valence electrons. The van der Waals surface area contributed by atoms with E-state index in [2.05, 4.69) is 5.32 Å². The van der Waals surface area contributed by atoms with Crippen molar-refractivity contribution in [2.75, 3.05) is 26.0 Å². The Hall–Kier alpha value is -2.16. The van der Waals surface area contributed by atoms with Crippen LogP contribution in [-0.2, 0) is 4.79 Å². The molecule has 6 heteroatoms. The van der Waals surface area contributed by atoms with Crippen molar-refractivity contribution >= 4 is 11.6 Å². The third-order valence-electron chi connectivity index (χ3n) is 2.36. The molecule has 0 atom stereocenters. The number of hydrogen-bond donors (Lipinski definition) is 1. The Labute approximate surface area is 104 Å². The summed E-state index contributed by atoms with van der Waals surface area (Å²) >= 11 is 0. The van der Waals surface area contributed by atoms with Crippen molar-refractivity contribution in [3.05, 3.63) is 29.3 Å². The van der Waals surface area contributed by atoms with Gasteiger partial charge >= 0.3 is 0 Å². The van der Waals surface area contributed by atoms with Gasteiger partial charge in [0.2, 0.25) is 5.91 Å². The maximum absolute atomic E-state index is 13.4. The van der Waals surface area contributed by atoms with E-state index in [0.717, 1.165) is 0 Å². The number of hydrogen-bond acceptors (Lipinski definition) is 3. The van der Waals surface area contributed by atoms with E-state index >= 15 is 0 Å². The standard InChI is InChI=1S/C12H13F2N3O/c1-17(2)10(18)5-6-16-9-4-3-8(7-15)11(13)12(9)14/h3-4,16H,5-6H2,1-2H3. The largest absolute Gasteiger partial charge is 0.382 e. The maximum Gasteiger partial charge on any atom is 0.223 e. The number of nitriles is 1. The van der Waals surface area contributed by atoms with Gasteiger partial charge in [0, 0.05) is 27.1 Å². The fourth-order valence-electron chi connectivity index (χ4n) is 1.30. The van der Waals surface area contributed by atoms with Crippen molar-refractivity contribution in [3.63, 3.8) is 0 Å². The van der Waals surface area contributed by atoms with Crippen LogP contribution in [0, 0.1) is 23.0 Å². The maximum atomic E-state index is 13.4. The van der Waals surface area contributed by atoms with Gasteiger partial charge in [0.05, 0.1) is 11.3 Å². The molecule has 0 saturated heterocycles. The van der Waals surface area contributed by atoms with Crippen LogP contribution in [0.4, 0.5) is 14.5 Å². The molecule has 1 aromatic carbocycles. The van der Waals surface area contributed by atoms with Crippen LogP contribution >= 0.6 is 0 Å². The molecule has 4 nitrogen and oxygen atoms in total. The number of nitrogens with zero attached hydrogens (tertiary/aromatic N) is 2. The summed E-state index contributed by atoms with van der Waals surface area (Å²) < 4.78 is 26.7. The number of nitrogens with one attached hydrogen (secondary N) is 1. The smallest absolute Gasteiger partial charge is 0.223 e. The summed E-state index contributed by atoms with van der Waals surface area (Å²) in [6.45, 7) is 0.194. The predicted molar refractivity (Wildman–Crippen MR) is 62.9 cm³/mol. The molecule has 0 spiro atoms. The lowest BCUT2D eigenvalue weighted by molar-refractivity contribution is -0.128. The molecular formula is C12H13F2N3O. The Morgan fingerprint density at radius 3 is 2.61 bits per heavy atom. The molecule has 0 aromatic heterocycles. The van der Waals surface area contributed by atoms with Crippen LogP contribution in [0.5, 0.6) is 0 Å². The van der Waals surface area contributed by atoms with Crippen LogP contribution in [0.1, 0.15) is 12.0 Å². The molecule has 0 saturated carbocycles. The predicted octanol–water partition coefficient (Wildman–Crippen LogP) is 1.73. The van der Waals surface area contributed by atoms with Crippen molar-refractivity contribution in [3.8, 4) is 6.07 Å². The summed E-state index contributed by atoms with van der Waals surface area (Å²) in [5.74, 6) is -2.40. The van der Waals surface area contributed by atoms with Gasteiger partial charge in [-0.05, 0) is 12.1 Å². The number of anilines is 1. The van der Waals surface area contributed by atoms with Crippen molar-refractivity contribution in [2.45, 2.75) is 6.42 Å². The highest BCUT2D eigenvalue weighted by atomic mass is 19.2. The second-order valence-corrected chi connectivity index (χ2v) is 3.87. The van der Waals surface area contributed by atoms with E-state index in [1.165, 1.54) is 17.0 Å². The normalized spacial score (nSPS) is 9.72. The first-order valence-corrected chi connectivity index (χ1v) is 5.29. The monoisotopic (exact) mass is 253 g/mol. The molecular weight excluding hydrogens is 240 g/mol.